The zero-order chi connectivity index (χ0) is 13.5. The normalized spacial score (nSPS) is 17.1. The number of nitrogens with zero attached hydrogens (tertiary/aromatic N) is 2. The van der Waals surface area contributed by atoms with Crippen LogP contribution in [0.1, 0.15) is 58.6 Å². The maximum Gasteiger partial charge on any atom is 0.252 e. The van der Waals surface area contributed by atoms with Crippen LogP contribution < -0.4 is 0 Å². The van der Waals surface area contributed by atoms with Gasteiger partial charge in [-0.3, -0.25) is 4.68 Å². The van der Waals surface area contributed by atoms with Gasteiger partial charge in [-0.2, -0.15) is 5.10 Å². The Morgan fingerprint density at radius 1 is 1.35 bits per heavy atom. The molecule has 1 aliphatic rings. The van der Waals surface area contributed by atoms with Gasteiger partial charge in [0.25, 0.3) is 5.92 Å². The summed E-state index contributed by atoms with van der Waals surface area (Å²) < 4.78 is 26.5. The van der Waals surface area contributed by atoms with Crippen LogP contribution in [0.5, 0.6) is 0 Å². The molecule has 0 aromatic carbocycles. The molecule has 0 spiro atoms. The Kier molecular flexibility index (Phi) is 7.00. The van der Waals surface area contributed by atoms with Crippen LogP contribution in [0.4, 0.5) is 8.78 Å². The highest BCUT2D eigenvalue weighted by molar-refractivity contribution is 5.02. The van der Waals surface area contributed by atoms with Gasteiger partial charge in [0.15, 0.2) is 0 Å². The molecule has 0 N–H and O–H groups in total. The molecule has 0 unspecified atom stereocenters. The molecule has 2 nitrogen and oxygen atoms in total. The molecule has 1 heterocycles. The van der Waals surface area contributed by atoms with E-state index in [2.05, 4.69) is 18.9 Å². The fourth-order valence-electron chi connectivity index (χ4n) is 1.45. The molecule has 1 saturated carbocycles. The summed E-state index contributed by atoms with van der Waals surface area (Å²) in [6.45, 7) is 10.2. The lowest BCUT2D eigenvalue weighted by molar-refractivity contribution is -0.106. The molecular formula is C13H24F2N2. The predicted octanol–water partition coefficient (Wildman–Crippen LogP) is 4.60. The summed E-state index contributed by atoms with van der Waals surface area (Å²) in [6, 6.07) is -0.0892. The van der Waals surface area contributed by atoms with Gasteiger partial charge < -0.3 is 0 Å². The molecule has 0 aliphatic heterocycles. The number of hydrogen-bond donors (Lipinski definition) is 0. The highest BCUT2D eigenvalue weighted by atomic mass is 19.3. The lowest BCUT2D eigenvalue weighted by atomic mass is 9.88. The van der Waals surface area contributed by atoms with E-state index in [1.165, 1.54) is 6.42 Å². The molecule has 0 bridgehead atoms. The fourth-order valence-corrected chi connectivity index (χ4v) is 1.45. The third-order valence-electron chi connectivity index (χ3n) is 2.17. The average Bonchev–Trinajstić information content (AvgIpc) is 2.65. The molecule has 0 amide bonds. The second kappa shape index (κ2) is 7.41. The molecule has 1 fully saturated rings. The first-order valence-electron chi connectivity index (χ1n) is 6.37. The van der Waals surface area contributed by atoms with Crippen LogP contribution in [-0.4, -0.2) is 15.7 Å². The SMILES string of the molecule is CC.CCC.Cc1cnn(C2CC(F)(F)C2)c1. The van der Waals surface area contributed by atoms with Gasteiger partial charge in [-0.15, -0.1) is 0 Å². The van der Waals surface area contributed by atoms with E-state index in [1.54, 1.807) is 17.1 Å². The summed E-state index contributed by atoms with van der Waals surface area (Å²) >= 11 is 0. The molecule has 2 rings (SSSR count). The summed E-state index contributed by atoms with van der Waals surface area (Å²) in [5, 5.41) is 3.99. The molecule has 17 heavy (non-hydrogen) atoms. The summed E-state index contributed by atoms with van der Waals surface area (Å²) in [5.74, 6) is -2.45. The standard InChI is InChI=1S/C8H10F2N2.C3H8.C2H6/c1-6-4-11-12(5-6)7-2-8(9,10)3-7;1-3-2;1-2/h4-5,7H,2-3H2,1H3;3H2,1-2H3;1-2H3. The van der Waals surface area contributed by atoms with Crippen molar-refractivity contribution in [2.45, 2.75) is 65.8 Å². The Bertz CT molecular complexity index is 300. The van der Waals surface area contributed by atoms with Crippen LogP contribution in [0.2, 0.25) is 0 Å². The van der Waals surface area contributed by atoms with Crippen molar-refractivity contribution in [1.29, 1.82) is 0 Å². The van der Waals surface area contributed by atoms with Gasteiger partial charge in [-0.05, 0) is 12.5 Å². The van der Waals surface area contributed by atoms with Gasteiger partial charge in [0, 0.05) is 19.0 Å². The van der Waals surface area contributed by atoms with Crippen molar-refractivity contribution in [2.24, 2.45) is 0 Å². The maximum atomic E-state index is 12.4. The first kappa shape index (κ1) is 16.1. The van der Waals surface area contributed by atoms with Crippen molar-refractivity contribution >= 4 is 0 Å². The Balaban J connectivity index is 0.000000450. The summed E-state index contributed by atoms with van der Waals surface area (Å²) in [6.07, 6.45) is 4.62. The second-order valence-electron chi connectivity index (χ2n) is 4.12. The quantitative estimate of drug-likeness (QED) is 0.708. The van der Waals surface area contributed by atoms with Crippen molar-refractivity contribution in [3.8, 4) is 0 Å². The Labute approximate surface area is 103 Å². The van der Waals surface area contributed by atoms with Crippen LogP contribution in [-0.2, 0) is 0 Å². The molecule has 1 aliphatic carbocycles. The lowest BCUT2D eigenvalue weighted by Crippen LogP contribution is -2.37. The van der Waals surface area contributed by atoms with Crippen molar-refractivity contribution < 1.29 is 8.78 Å². The first-order chi connectivity index (χ1) is 7.98. The van der Waals surface area contributed by atoms with Crippen molar-refractivity contribution in [1.82, 2.24) is 9.78 Å². The highest BCUT2D eigenvalue weighted by Gasteiger charge is 2.46. The molecule has 1 aromatic rings. The van der Waals surface area contributed by atoms with E-state index in [9.17, 15) is 8.78 Å². The minimum Gasteiger partial charge on any atom is -0.269 e. The van der Waals surface area contributed by atoms with E-state index in [4.69, 9.17) is 0 Å². The largest absolute Gasteiger partial charge is 0.269 e. The zero-order valence-corrected chi connectivity index (χ0v) is 11.5. The van der Waals surface area contributed by atoms with Crippen molar-refractivity contribution in [3.63, 3.8) is 0 Å². The Morgan fingerprint density at radius 2 is 1.82 bits per heavy atom. The minimum atomic E-state index is -2.45. The third kappa shape index (κ3) is 5.29. The zero-order valence-electron chi connectivity index (χ0n) is 11.5. The van der Waals surface area contributed by atoms with Gasteiger partial charge in [0.2, 0.25) is 0 Å². The minimum absolute atomic E-state index is 0.0614. The topological polar surface area (TPSA) is 17.8 Å². The average molecular weight is 246 g/mol. The molecule has 1 aromatic heterocycles. The van der Waals surface area contributed by atoms with Gasteiger partial charge >= 0.3 is 0 Å². The molecule has 0 radical (unpaired) electrons. The fraction of sp³-hybridized carbons (Fsp3) is 0.769. The van der Waals surface area contributed by atoms with Crippen LogP contribution in [0, 0.1) is 6.92 Å². The predicted molar refractivity (Wildman–Crippen MR) is 67.5 cm³/mol. The van der Waals surface area contributed by atoms with Crippen molar-refractivity contribution in [2.75, 3.05) is 0 Å². The molecule has 0 atom stereocenters. The van der Waals surface area contributed by atoms with Crippen LogP contribution in [0.3, 0.4) is 0 Å². The number of aryl methyl sites for hydroxylation is 1. The van der Waals surface area contributed by atoms with Crippen LogP contribution in [0.25, 0.3) is 0 Å². The molecular weight excluding hydrogens is 222 g/mol. The van der Waals surface area contributed by atoms with Gasteiger partial charge in [-0.1, -0.05) is 34.1 Å². The Morgan fingerprint density at radius 3 is 2.12 bits per heavy atom. The number of rotatable bonds is 1. The van der Waals surface area contributed by atoms with Crippen LogP contribution in [0.15, 0.2) is 12.4 Å². The van der Waals surface area contributed by atoms with Crippen LogP contribution >= 0.6 is 0 Å². The maximum absolute atomic E-state index is 12.4. The van der Waals surface area contributed by atoms with E-state index < -0.39 is 5.92 Å². The van der Waals surface area contributed by atoms with E-state index in [0.717, 1.165) is 5.56 Å². The molecule has 4 heteroatoms. The molecule has 0 saturated heterocycles. The monoisotopic (exact) mass is 246 g/mol. The van der Waals surface area contributed by atoms with Gasteiger partial charge in [0.1, 0.15) is 0 Å². The lowest BCUT2D eigenvalue weighted by Gasteiger charge is -2.34. The first-order valence-corrected chi connectivity index (χ1v) is 6.37. The second-order valence-corrected chi connectivity index (χ2v) is 4.12. The summed E-state index contributed by atoms with van der Waals surface area (Å²) in [5.41, 5.74) is 1.02. The van der Waals surface area contributed by atoms with Gasteiger partial charge in [0.05, 0.1) is 12.2 Å². The van der Waals surface area contributed by atoms with Crippen molar-refractivity contribution in [3.05, 3.63) is 18.0 Å². The number of aromatic nitrogens is 2. The summed E-state index contributed by atoms with van der Waals surface area (Å²) in [7, 11) is 0. The molecule has 100 valence electrons. The van der Waals surface area contributed by atoms with Gasteiger partial charge in [-0.25, -0.2) is 8.78 Å². The Hall–Kier alpha value is -0.930. The number of hydrogen-bond acceptors (Lipinski definition) is 1. The number of alkyl halides is 2. The van der Waals surface area contributed by atoms with E-state index >= 15 is 0 Å². The smallest absolute Gasteiger partial charge is 0.252 e. The van der Waals surface area contributed by atoms with E-state index in [-0.39, 0.29) is 18.9 Å². The number of halogens is 2. The van der Waals surface area contributed by atoms with E-state index in [0.29, 0.717) is 0 Å². The van der Waals surface area contributed by atoms with E-state index in [1.807, 2.05) is 20.8 Å². The third-order valence-corrected chi connectivity index (χ3v) is 2.17. The summed E-state index contributed by atoms with van der Waals surface area (Å²) in [4.78, 5) is 0. The highest BCUT2D eigenvalue weighted by Crippen LogP contribution is 2.44.